The van der Waals surface area contributed by atoms with Crippen molar-refractivity contribution in [2.75, 3.05) is 18.4 Å². The molecule has 1 aliphatic rings. The van der Waals surface area contributed by atoms with E-state index in [4.69, 9.17) is 0 Å². The highest BCUT2D eigenvalue weighted by atomic mass is 32.1. The van der Waals surface area contributed by atoms with Gasteiger partial charge in [-0.15, -0.1) is 11.3 Å². The third-order valence-electron chi connectivity index (χ3n) is 4.53. The number of amides is 2. The largest absolute Gasteiger partial charge is 0.379 e. The summed E-state index contributed by atoms with van der Waals surface area (Å²) in [6, 6.07) is 9.66. The highest BCUT2D eigenvalue weighted by Gasteiger charge is 2.26. The number of rotatable bonds is 4. The minimum absolute atomic E-state index is 0.00160. The summed E-state index contributed by atoms with van der Waals surface area (Å²) in [6.07, 6.45) is 0.347. The Bertz CT molecular complexity index is 772. The normalized spacial score (nSPS) is 17.8. The molecule has 1 aliphatic heterocycles. The van der Waals surface area contributed by atoms with E-state index in [0.717, 1.165) is 5.69 Å². The van der Waals surface area contributed by atoms with Crippen LogP contribution in [0.25, 0.3) is 0 Å². The number of anilines is 1. The summed E-state index contributed by atoms with van der Waals surface area (Å²) in [4.78, 5) is 27.7. The highest BCUT2D eigenvalue weighted by molar-refractivity contribution is 7.10. The van der Waals surface area contributed by atoms with Gasteiger partial charge in [0.15, 0.2) is 0 Å². The Kier molecular flexibility index (Phi) is 5.38. The molecule has 1 saturated heterocycles. The van der Waals surface area contributed by atoms with E-state index < -0.39 is 0 Å². The molecule has 6 heteroatoms. The molecular formula is C19H23N3O2S. The van der Waals surface area contributed by atoms with E-state index in [-0.39, 0.29) is 17.9 Å². The molecule has 0 radical (unpaired) electrons. The second-order valence-electron chi connectivity index (χ2n) is 6.33. The van der Waals surface area contributed by atoms with Gasteiger partial charge in [0, 0.05) is 42.7 Å². The summed E-state index contributed by atoms with van der Waals surface area (Å²) in [6.45, 7) is 5.70. The van der Waals surface area contributed by atoms with Gasteiger partial charge in [-0.2, -0.15) is 0 Å². The van der Waals surface area contributed by atoms with E-state index >= 15 is 0 Å². The van der Waals surface area contributed by atoms with E-state index in [9.17, 15) is 9.59 Å². The fourth-order valence-corrected chi connectivity index (χ4v) is 3.79. The number of nitrogens with one attached hydrogen (secondary N) is 2. The first-order chi connectivity index (χ1) is 12.1. The van der Waals surface area contributed by atoms with Gasteiger partial charge < -0.3 is 15.5 Å². The van der Waals surface area contributed by atoms with Gasteiger partial charge in [-0.1, -0.05) is 12.1 Å². The number of carbonyl (C=O) groups is 2. The number of hydrogen-bond donors (Lipinski definition) is 2. The summed E-state index contributed by atoms with van der Waals surface area (Å²) in [5.74, 6) is -0.0308. The van der Waals surface area contributed by atoms with Gasteiger partial charge in [0.1, 0.15) is 0 Å². The zero-order valence-corrected chi connectivity index (χ0v) is 15.4. The van der Waals surface area contributed by atoms with Gasteiger partial charge in [0.2, 0.25) is 5.91 Å². The molecule has 0 bridgehead atoms. The zero-order chi connectivity index (χ0) is 17.8. The molecule has 0 saturated carbocycles. The fraction of sp³-hybridized carbons (Fsp3) is 0.368. The lowest BCUT2D eigenvalue weighted by Gasteiger charge is -2.27. The Labute approximate surface area is 152 Å². The first kappa shape index (κ1) is 17.5. The Morgan fingerprint density at radius 1 is 1.36 bits per heavy atom. The lowest BCUT2D eigenvalue weighted by atomic mass is 10.1. The zero-order valence-electron chi connectivity index (χ0n) is 14.5. The first-order valence-corrected chi connectivity index (χ1v) is 9.37. The number of thiophene rings is 1. The van der Waals surface area contributed by atoms with Crippen molar-refractivity contribution in [1.82, 2.24) is 10.2 Å². The molecule has 2 aromatic rings. The molecule has 3 rings (SSSR count). The minimum Gasteiger partial charge on any atom is -0.379 e. The predicted octanol–water partition coefficient (Wildman–Crippen LogP) is 3.02. The van der Waals surface area contributed by atoms with Gasteiger partial charge in [-0.05, 0) is 43.0 Å². The van der Waals surface area contributed by atoms with Crippen molar-refractivity contribution < 1.29 is 9.59 Å². The Morgan fingerprint density at radius 3 is 2.92 bits per heavy atom. The molecule has 132 valence electrons. The molecule has 25 heavy (non-hydrogen) atoms. The van der Waals surface area contributed by atoms with Gasteiger partial charge in [0.25, 0.3) is 5.91 Å². The molecule has 5 nitrogen and oxygen atoms in total. The molecule has 1 unspecified atom stereocenters. The maximum atomic E-state index is 13.1. The number of aryl methyl sites for hydroxylation is 1. The topological polar surface area (TPSA) is 61.4 Å². The quantitative estimate of drug-likeness (QED) is 0.884. The Morgan fingerprint density at radius 2 is 2.16 bits per heavy atom. The SMILES string of the molecule is Cc1ccsc1CNc1ccccc1C(=O)N1CCC(=O)NCC1C. The van der Waals surface area contributed by atoms with Crippen molar-refractivity contribution in [2.24, 2.45) is 0 Å². The van der Waals surface area contributed by atoms with Crippen molar-refractivity contribution in [1.29, 1.82) is 0 Å². The molecule has 1 aromatic carbocycles. The summed E-state index contributed by atoms with van der Waals surface area (Å²) in [5, 5.41) is 8.32. The van der Waals surface area contributed by atoms with Crippen molar-refractivity contribution in [3.05, 3.63) is 51.7 Å². The van der Waals surface area contributed by atoms with Crippen molar-refractivity contribution in [2.45, 2.75) is 32.9 Å². The third kappa shape index (κ3) is 4.02. The summed E-state index contributed by atoms with van der Waals surface area (Å²) in [5.41, 5.74) is 2.74. The van der Waals surface area contributed by atoms with E-state index in [1.165, 1.54) is 10.4 Å². The smallest absolute Gasteiger partial charge is 0.256 e. The molecule has 1 fully saturated rings. The predicted molar refractivity (Wildman–Crippen MR) is 101 cm³/mol. The van der Waals surface area contributed by atoms with Crippen molar-refractivity contribution in [3.8, 4) is 0 Å². The maximum Gasteiger partial charge on any atom is 0.256 e. The number of benzene rings is 1. The summed E-state index contributed by atoms with van der Waals surface area (Å²) in [7, 11) is 0. The lowest BCUT2D eigenvalue weighted by molar-refractivity contribution is -0.120. The highest BCUT2D eigenvalue weighted by Crippen LogP contribution is 2.22. The molecule has 2 amide bonds. The second-order valence-corrected chi connectivity index (χ2v) is 7.33. The van der Waals surface area contributed by atoms with Crippen LogP contribution in [0.4, 0.5) is 5.69 Å². The first-order valence-electron chi connectivity index (χ1n) is 8.50. The van der Waals surface area contributed by atoms with Crippen LogP contribution >= 0.6 is 11.3 Å². The Hall–Kier alpha value is -2.34. The van der Waals surface area contributed by atoms with Crippen LogP contribution in [0.1, 0.15) is 34.1 Å². The number of hydrogen-bond acceptors (Lipinski definition) is 4. The number of para-hydroxylation sites is 1. The van der Waals surface area contributed by atoms with Crippen LogP contribution in [-0.4, -0.2) is 35.8 Å². The monoisotopic (exact) mass is 357 g/mol. The van der Waals surface area contributed by atoms with Crippen LogP contribution in [-0.2, 0) is 11.3 Å². The fourth-order valence-electron chi connectivity index (χ4n) is 2.94. The average molecular weight is 357 g/mol. The molecule has 2 heterocycles. The molecular weight excluding hydrogens is 334 g/mol. The molecule has 1 atom stereocenters. The van der Waals surface area contributed by atoms with E-state index in [1.807, 2.05) is 31.2 Å². The van der Waals surface area contributed by atoms with Gasteiger partial charge >= 0.3 is 0 Å². The van der Waals surface area contributed by atoms with Crippen LogP contribution in [0.2, 0.25) is 0 Å². The van der Waals surface area contributed by atoms with Crippen molar-refractivity contribution in [3.63, 3.8) is 0 Å². The lowest BCUT2D eigenvalue weighted by Crippen LogP contribution is -2.42. The van der Waals surface area contributed by atoms with Crippen molar-refractivity contribution >= 4 is 28.8 Å². The van der Waals surface area contributed by atoms with Crippen LogP contribution < -0.4 is 10.6 Å². The van der Waals surface area contributed by atoms with Crippen LogP contribution in [0.5, 0.6) is 0 Å². The number of carbonyl (C=O) groups excluding carboxylic acids is 2. The van der Waals surface area contributed by atoms with E-state index in [0.29, 0.717) is 31.6 Å². The maximum absolute atomic E-state index is 13.1. The van der Waals surface area contributed by atoms with Gasteiger partial charge in [0.05, 0.1) is 5.56 Å². The summed E-state index contributed by atoms with van der Waals surface area (Å²) < 4.78 is 0. The van der Waals surface area contributed by atoms with Crippen LogP contribution in [0.3, 0.4) is 0 Å². The minimum atomic E-state index is -0.0324. The summed E-state index contributed by atoms with van der Waals surface area (Å²) >= 11 is 1.71. The molecule has 0 spiro atoms. The standard InChI is InChI=1S/C19H23N3O2S/c1-13-8-10-25-17(13)12-20-16-6-4-3-5-15(16)19(24)22-9-7-18(23)21-11-14(22)2/h3-6,8,10,14,20H,7,9,11-12H2,1-2H3,(H,21,23). The molecule has 0 aliphatic carbocycles. The van der Waals surface area contributed by atoms with E-state index in [2.05, 4.69) is 29.0 Å². The average Bonchev–Trinajstić information content (AvgIpc) is 2.95. The van der Waals surface area contributed by atoms with Gasteiger partial charge in [-0.3, -0.25) is 9.59 Å². The van der Waals surface area contributed by atoms with Crippen LogP contribution in [0.15, 0.2) is 35.7 Å². The Balaban J connectivity index is 1.78. The number of nitrogens with zero attached hydrogens (tertiary/aromatic N) is 1. The molecule has 1 aromatic heterocycles. The third-order valence-corrected chi connectivity index (χ3v) is 5.56. The second kappa shape index (κ2) is 7.70. The molecule has 2 N–H and O–H groups in total. The van der Waals surface area contributed by atoms with Crippen LogP contribution in [0, 0.1) is 6.92 Å². The van der Waals surface area contributed by atoms with Gasteiger partial charge in [-0.25, -0.2) is 0 Å². The van der Waals surface area contributed by atoms with E-state index in [1.54, 1.807) is 16.2 Å².